The Labute approximate surface area is 67.9 Å². The second-order valence-electron chi connectivity index (χ2n) is 3.57. The van der Waals surface area contributed by atoms with E-state index >= 15 is 0 Å². The predicted octanol–water partition coefficient (Wildman–Crippen LogP) is 1.84. The van der Waals surface area contributed by atoms with Crippen molar-refractivity contribution in [1.29, 1.82) is 0 Å². The minimum absolute atomic E-state index is 0.00634. The van der Waals surface area contributed by atoms with Crippen molar-refractivity contribution < 1.29 is 9.53 Å². The molecule has 1 rings (SSSR count). The summed E-state index contributed by atoms with van der Waals surface area (Å²) in [4.78, 5) is 11.2. The van der Waals surface area contributed by atoms with Gasteiger partial charge in [-0.15, -0.1) is 0 Å². The van der Waals surface area contributed by atoms with Crippen LogP contribution in [0.4, 0.5) is 0 Å². The maximum absolute atomic E-state index is 11.2. The zero-order valence-corrected chi connectivity index (χ0v) is 7.46. The highest BCUT2D eigenvalue weighted by Crippen LogP contribution is 2.30. The molecule has 1 aliphatic rings. The smallest absolute Gasteiger partial charge is 0.309 e. The van der Waals surface area contributed by atoms with Gasteiger partial charge in [-0.05, 0) is 12.3 Å². The molecule has 64 valence electrons. The minimum atomic E-state index is 0.00634. The molecule has 2 unspecified atom stereocenters. The van der Waals surface area contributed by atoms with E-state index in [4.69, 9.17) is 4.74 Å². The Kier molecular flexibility index (Phi) is 2.53. The average molecular weight is 156 g/mol. The molecule has 2 heteroatoms. The zero-order chi connectivity index (χ0) is 8.43. The first kappa shape index (κ1) is 8.57. The zero-order valence-electron chi connectivity index (χ0n) is 7.46. The van der Waals surface area contributed by atoms with Crippen molar-refractivity contribution in [1.82, 2.24) is 0 Å². The number of hydrogen-bond acceptors (Lipinski definition) is 2. The molecule has 0 aromatic rings. The third-order valence-electron chi connectivity index (χ3n) is 2.46. The van der Waals surface area contributed by atoms with Gasteiger partial charge in [0.05, 0.1) is 12.5 Å². The van der Waals surface area contributed by atoms with Crippen LogP contribution in [-0.4, -0.2) is 12.6 Å². The molecule has 0 bridgehead atoms. The predicted molar refractivity (Wildman–Crippen MR) is 43.1 cm³/mol. The lowest BCUT2D eigenvalue weighted by Gasteiger charge is -2.15. The number of carbonyl (C=O) groups is 1. The molecule has 2 nitrogen and oxygen atoms in total. The van der Waals surface area contributed by atoms with Gasteiger partial charge >= 0.3 is 5.97 Å². The second kappa shape index (κ2) is 3.24. The van der Waals surface area contributed by atoms with Crippen LogP contribution in [0.15, 0.2) is 0 Å². The monoisotopic (exact) mass is 156 g/mol. The Morgan fingerprint density at radius 1 is 1.64 bits per heavy atom. The standard InChI is InChI=1S/C9H16O2/c1-4-7-5-11-9(10)8(7)6(2)3/h6-8H,4-5H2,1-3H3. The van der Waals surface area contributed by atoms with E-state index in [1.54, 1.807) is 0 Å². The van der Waals surface area contributed by atoms with E-state index in [-0.39, 0.29) is 11.9 Å². The molecule has 1 aliphatic heterocycles. The first-order valence-corrected chi connectivity index (χ1v) is 4.33. The quantitative estimate of drug-likeness (QED) is 0.570. The fourth-order valence-corrected chi connectivity index (χ4v) is 1.77. The summed E-state index contributed by atoms with van der Waals surface area (Å²) in [6, 6.07) is 0. The molecule has 0 aromatic carbocycles. The van der Waals surface area contributed by atoms with E-state index in [0.29, 0.717) is 18.4 Å². The Balaban J connectivity index is 2.63. The van der Waals surface area contributed by atoms with E-state index < -0.39 is 0 Å². The molecule has 0 radical (unpaired) electrons. The van der Waals surface area contributed by atoms with Crippen molar-refractivity contribution in [2.45, 2.75) is 27.2 Å². The summed E-state index contributed by atoms with van der Waals surface area (Å²) in [5.41, 5.74) is 0. The van der Waals surface area contributed by atoms with Crippen LogP contribution < -0.4 is 0 Å². The van der Waals surface area contributed by atoms with Crippen molar-refractivity contribution >= 4 is 5.97 Å². The highest BCUT2D eigenvalue weighted by Gasteiger charge is 2.37. The number of carbonyl (C=O) groups excluding carboxylic acids is 1. The van der Waals surface area contributed by atoms with Crippen molar-refractivity contribution in [3.05, 3.63) is 0 Å². The summed E-state index contributed by atoms with van der Waals surface area (Å²) in [6.45, 7) is 6.92. The highest BCUT2D eigenvalue weighted by molar-refractivity contribution is 5.74. The number of ether oxygens (including phenoxy) is 1. The van der Waals surface area contributed by atoms with Crippen molar-refractivity contribution in [2.75, 3.05) is 6.61 Å². The molecular weight excluding hydrogens is 140 g/mol. The molecule has 0 saturated carbocycles. The van der Waals surface area contributed by atoms with Crippen LogP contribution in [0.1, 0.15) is 27.2 Å². The van der Waals surface area contributed by atoms with Crippen molar-refractivity contribution in [2.24, 2.45) is 17.8 Å². The fourth-order valence-electron chi connectivity index (χ4n) is 1.77. The van der Waals surface area contributed by atoms with Crippen LogP contribution >= 0.6 is 0 Å². The first-order chi connectivity index (χ1) is 5.16. The number of hydrogen-bond donors (Lipinski definition) is 0. The summed E-state index contributed by atoms with van der Waals surface area (Å²) in [5, 5.41) is 0. The minimum Gasteiger partial charge on any atom is -0.465 e. The van der Waals surface area contributed by atoms with Crippen LogP contribution in [-0.2, 0) is 9.53 Å². The van der Waals surface area contributed by atoms with Crippen LogP contribution in [0.5, 0.6) is 0 Å². The summed E-state index contributed by atoms with van der Waals surface area (Å²) < 4.78 is 4.99. The van der Waals surface area contributed by atoms with Crippen LogP contribution in [0.3, 0.4) is 0 Å². The highest BCUT2D eigenvalue weighted by atomic mass is 16.5. The van der Waals surface area contributed by atoms with Crippen LogP contribution in [0.2, 0.25) is 0 Å². The number of cyclic esters (lactones) is 1. The molecule has 11 heavy (non-hydrogen) atoms. The lowest BCUT2D eigenvalue weighted by atomic mass is 9.84. The molecule has 0 N–H and O–H groups in total. The largest absolute Gasteiger partial charge is 0.465 e. The van der Waals surface area contributed by atoms with Gasteiger partial charge in [0.1, 0.15) is 0 Å². The normalized spacial score (nSPS) is 31.1. The van der Waals surface area contributed by atoms with Gasteiger partial charge in [-0.1, -0.05) is 20.8 Å². The van der Waals surface area contributed by atoms with Gasteiger partial charge in [0.15, 0.2) is 0 Å². The van der Waals surface area contributed by atoms with E-state index in [1.807, 2.05) is 0 Å². The Morgan fingerprint density at radius 2 is 2.27 bits per heavy atom. The lowest BCUT2D eigenvalue weighted by molar-refractivity contribution is -0.142. The van der Waals surface area contributed by atoms with E-state index in [2.05, 4.69) is 20.8 Å². The molecule has 1 saturated heterocycles. The fraction of sp³-hybridized carbons (Fsp3) is 0.889. The Morgan fingerprint density at radius 3 is 2.64 bits per heavy atom. The summed E-state index contributed by atoms with van der Waals surface area (Å²) >= 11 is 0. The van der Waals surface area contributed by atoms with E-state index in [0.717, 1.165) is 6.42 Å². The molecule has 0 aliphatic carbocycles. The van der Waals surface area contributed by atoms with Crippen molar-refractivity contribution in [3.8, 4) is 0 Å². The summed E-state index contributed by atoms with van der Waals surface area (Å²) in [5.74, 6) is 1.05. The maximum atomic E-state index is 11.2. The molecular formula is C9H16O2. The molecule has 0 aromatic heterocycles. The molecule has 0 spiro atoms. The molecule has 1 fully saturated rings. The third kappa shape index (κ3) is 1.55. The second-order valence-corrected chi connectivity index (χ2v) is 3.57. The van der Waals surface area contributed by atoms with Crippen LogP contribution in [0.25, 0.3) is 0 Å². The molecule has 2 atom stereocenters. The van der Waals surface area contributed by atoms with Gasteiger partial charge in [-0.25, -0.2) is 0 Å². The van der Waals surface area contributed by atoms with Gasteiger partial charge in [-0.2, -0.15) is 0 Å². The van der Waals surface area contributed by atoms with Crippen LogP contribution in [0, 0.1) is 17.8 Å². The van der Waals surface area contributed by atoms with Gasteiger partial charge < -0.3 is 4.74 Å². The number of esters is 1. The van der Waals surface area contributed by atoms with Crippen molar-refractivity contribution in [3.63, 3.8) is 0 Å². The Hall–Kier alpha value is -0.530. The first-order valence-electron chi connectivity index (χ1n) is 4.33. The SMILES string of the molecule is CCC1COC(=O)C1C(C)C. The van der Waals surface area contributed by atoms with E-state index in [9.17, 15) is 4.79 Å². The van der Waals surface area contributed by atoms with Gasteiger partial charge in [0.2, 0.25) is 0 Å². The number of rotatable bonds is 2. The third-order valence-corrected chi connectivity index (χ3v) is 2.46. The van der Waals surface area contributed by atoms with Gasteiger partial charge in [0, 0.05) is 5.92 Å². The van der Waals surface area contributed by atoms with Gasteiger partial charge in [0.25, 0.3) is 0 Å². The van der Waals surface area contributed by atoms with E-state index in [1.165, 1.54) is 0 Å². The topological polar surface area (TPSA) is 26.3 Å². The maximum Gasteiger partial charge on any atom is 0.309 e. The lowest BCUT2D eigenvalue weighted by Crippen LogP contribution is -2.21. The average Bonchev–Trinajstić information content (AvgIpc) is 2.30. The molecule has 1 heterocycles. The Bertz CT molecular complexity index is 152. The molecule has 0 amide bonds. The summed E-state index contributed by atoms with van der Waals surface area (Å²) in [6.07, 6.45) is 1.05. The summed E-state index contributed by atoms with van der Waals surface area (Å²) in [7, 11) is 0. The van der Waals surface area contributed by atoms with Gasteiger partial charge in [-0.3, -0.25) is 4.79 Å².